The molecule has 1 unspecified atom stereocenters. The van der Waals surface area contributed by atoms with Crippen LogP contribution in [0.4, 0.5) is 0 Å². The van der Waals surface area contributed by atoms with Gasteiger partial charge in [0.05, 0.1) is 0 Å². The maximum absolute atomic E-state index is 3.73. The van der Waals surface area contributed by atoms with Gasteiger partial charge in [-0.15, -0.1) is 0 Å². The number of nitrogens with one attached hydrogen (secondary N) is 2. The summed E-state index contributed by atoms with van der Waals surface area (Å²) in [5.41, 5.74) is 2.82. The maximum atomic E-state index is 3.73. The molecule has 1 atom stereocenters. The van der Waals surface area contributed by atoms with Crippen molar-refractivity contribution >= 4 is 0 Å². The van der Waals surface area contributed by atoms with Gasteiger partial charge < -0.3 is 10.6 Å². The van der Waals surface area contributed by atoms with Crippen LogP contribution in [0, 0.1) is 0 Å². The average Bonchev–Trinajstić information content (AvgIpc) is 2.40. The zero-order valence-corrected chi connectivity index (χ0v) is 11.0. The summed E-state index contributed by atoms with van der Waals surface area (Å²) >= 11 is 0. The first-order valence-corrected chi connectivity index (χ1v) is 6.85. The molecule has 1 saturated heterocycles. The van der Waals surface area contributed by atoms with Crippen molar-refractivity contribution in [2.24, 2.45) is 0 Å². The Labute approximate surface area is 105 Å². The smallest absolute Gasteiger partial charge is 0.0294 e. The minimum Gasteiger partial charge on any atom is -0.317 e. The first kappa shape index (κ1) is 12.6. The number of hydrogen-bond acceptors (Lipinski definition) is 2. The standard InChI is InChI=1S/C15H24N2/c1-3-13-4-6-14(7-5-13)12(2)17-15-8-10-16-11-9-15/h4-7,12,15-17H,3,8-11H2,1-2H3. The SMILES string of the molecule is CCc1ccc(C(C)NC2CCNCC2)cc1. The Morgan fingerprint density at radius 2 is 1.88 bits per heavy atom. The fourth-order valence-corrected chi connectivity index (χ4v) is 2.48. The van der Waals surface area contributed by atoms with E-state index in [9.17, 15) is 0 Å². The van der Waals surface area contributed by atoms with Crippen LogP contribution in [0.3, 0.4) is 0 Å². The molecule has 2 nitrogen and oxygen atoms in total. The zero-order valence-electron chi connectivity index (χ0n) is 11.0. The van der Waals surface area contributed by atoms with E-state index in [1.807, 2.05) is 0 Å². The van der Waals surface area contributed by atoms with E-state index in [1.54, 1.807) is 0 Å². The van der Waals surface area contributed by atoms with Crippen LogP contribution in [0.1, 0.15) is 43.9 Å². The van der Waals surface area contributed by atoms with Crippen LogP contribution in [-0.4, -0.2) is 19.1 Å². The fraction of sp³-hybridized carbons (Fsp3) is 0.600. The minimum atomic E-state index is 0.462. The lowest BCUT2D eigenvalue weighted by atomic mass is 10.0. The summed E-state index contributed by atoms with van der Waals surface area (Å²) in [5.74, 6) is 0. The van der Waals surface area contributed by atoms with Crippen molar-refractivity contribution in [1.82, 2.24) is 10.6 Å². The third kappa shape index (κ3) is 3.55. The van der Waals surface area contributed by atoms with Crippen molar-refractivity contribution in [3.63, 3.8) is 0 Å². The third-order valence-electron chi connectivity index (χ3n) is 3.71. The largest absolute Gasteiger partial charge is 0.317 e. The predicted octanol–water partition coefficient (Wildman–Crippen LogP) is 2.65. The van der Waals surface area contributed by atoms with Crippen LogP contribution in [0.15, 0.2) is 24.3 Å². The van der Waals surface area contributed by atoms with Crippen molar-refractivity contribution < 1.29 is 0 Å². The Morgan fingerprint density at radius 3 is 2.47 bits per heavy atom. The predicted molar refractivity (Wildman–Crippen MR) is 73.3 cm³/mol. The quantitative estimate of drug-likeness (QED) is 0.834. The topological polar surface area (TPSA) is 24.1 Å². The molecule has 0 saturated carbocycles. The Kier molecular flexibility index (Phi) is 4.57. The van der Waals surface area contributed by atoms with Crippen molar-refractivity contribution in [3.05, 3.63) is 35.4 Å². The molecule has 0 aliphatic carbocycles. The number of hydrogen-bond donors (Lipinski definition) is 2. The molecule has 17 heavy (non-hydrogen) atoms. The molecule has 1 fully saturated rings. The molecule has 1 aromatic rings. The summed E-state index contributed by atoms with van der Waals surface area (Å²) in [6.45, 7) is 6.77. The highest BCUT2D eigenvalue weighted by Gasteiger charge is 2.15. The summed E-state index contributed by atoms with van der Waals surface area (Å²) in [4.78, 5) is 0. The molecule has 0 amide bonds. The van der Waals surface area contributed by atoms with Gasteiger partial charge in [0.15, 0.2) is 0 Å². The van der Waals surface area contributed by atoms with Gasteiger partial charge in [-0.3, -0.25) is 0 Å². The van der Waals surface area contributed by atoms with E-state index < -0.39 is 0 Å². The third-order valence-corrected chi connectivity index (χ3v) is 3.71. The van der Waals surface area contributed by atoms with E-state index in [0.717, 1.165) is 19.5 Å². The summed E-state index contributed by atoms with van der Waals surface area (Å²) < 4.78 is 0. The lowest BCUT2D eigenvalue weighted by Gasteiger charge is -2.27. The van der Waals surface area contributed by atoms with E-state index in [1.165, 1.54) is 24.0 Å². The van der Waals surface area contributed by atoms with Gasteiger partial charge in [-0.05, 0) is 50.4 Å². The fourth-order valence-electron chi connectivity index (χ4n) is 2.48. The Balaban J connectivity index is 1.91. The highest BCUT2D eigenvalue weighted by atomic mass is 15.0. The highest BCUT2D eigenvalue weighted by Crippen LogP contribution is 2.16. The zero-order chi connectivity index (χ0) is 12.1. The van der Waals surface area contributed by atoms with Gasteiger partial charge >= 0.3 is 0 Å². The van der Waals surface area contributed by atoms with Gasteiger partial charge in [-0.2, -0.15) is 0 Å². The molecule has 0 spiro atoms. The molecule has 2 N–H and O–H groups in total. The van der Waals surface area contributed by atoms with Gasteiger partial charge in [-0.25, -0.2) is 0 Å². The van der Waals surface area contributed by atoms with E-state index in [4.69, 9.17) is 0 Å². The second-order valence-corrected chi connectivity index (χ2v) is 5.01. The lowest BCUT2D eigenvalue weighted by molar-refractivity contribution is 0.359. The molecule has 94 valence electrons. The van der Waals surface area contributed by atoms with Crippen LogP contribution in [0.2, 0.25) is 0 Å². The lowest BCUT2D eigenvalue weighted by Crippen LogP contribution is -2.40. The van der Waals surface area contributed by atoms with Gasteiger partial charge in [0.25, 0.3) is 0 Å². The number of piperidine rings is 1. The summed E-state index contributed by atoms with van der Waals surface area (Å²) in [6.07, 6.45) is 3.62. The summed E-state index contributed by atoms with van der Waals surface area (Å²) in [6, 6.07) is 10.2. The van der Waals surface area contributed by atoms with Crippen molar-refractivity contribution in [2.75, 3.05) is 13.1 Å². The van der Waals surface area contributed by atoms with Gasteiger partial charge in [0, 0.05) is 12.1 Å². The second-order valence-electron chi connectivity index (χ2n) is 5.01. The molecule has 1 aliphatic rings. The van der Waals surface area contributed by atoms with Gasteiger partial charge in [0.2, 0.25) is 0 Å². The first-order valence-electron chi connectivity index (χ1n) is 6.85. The highest BCUT2D eigenvalue weighted by molar-refractivity contribution is 5.24. The normalized spacial score (nSPS) is 19.2. The van der Waals surface area contributed by atoms with Gasteiger partial charge in [-0.1, -0.05) is 31.2 Å². The van der Waals surface area contributed by atoms with Crippen LogP contribution in [0.25, 0.3) is 0 Å². The van der Waals surface area contributed by atoms with Gasteiger partial charge in [0.1, 0.15) is 0 Å². The van der Waals surface area contributed by atoms with Crippen molar-refractivity contribution in [1.29, 1.82) is 0 Å². The second kappa shape index (κ2) is 6.18. The number of rotatable bonds is 4. The summed E-state index contributed by atoms with van der Waals surface area (Å²) in [5, 5.41) is 7.14. The van der Waals surface area contributed by atoms with Crippen molar-refractivity contribution in [3.8, 4) is 0 Å². The molecule has 0 radical (unpaired) electrons. The number of benzene rings is 1. The van der Waals surface area contributed by atoms with Crippen molar-refractivity contribution in [2.45, 2.75) is 45.2 Å². The van der Waals surface area contributed by atoms with Crippen LogP contribution in [0.5, 0.6) is 0 Å². The number of aryl methyl sites for hydroxylation is 1. The minimum absolute atomic E-state index is 0.462. The van der Waals surface area contributed by atoms with E-state index in [0.29, 0.717) is 12.1 Å². The van der Waals surface area contributed by atoms with E-state index in [-0.39, 0.29) is 0 Å². The van der Waals surface area contributed by atoms with E-state index in [2.05, 4.69) is 48.7 Å². The van der Waals surface area contributed by atoms with Crippen LogP contribution in [-0.2, 0) is 6.42 Å². The average molecular weight is 232 g/mol. The monoisotopic (exact) mass is 232 g/mol. The Morgan fingerprint density at radius 1 is 1.24 bits per heavy atom. The summed E-state index contributed by atoms with van der Waals surface area (Å²) in [7, 11) is 0. The molecule has 1 heterocycles. The molecule has 1 aromatic carbocycles. The molecule has 0 aromatic heterocycles. The molecular weight excluding hydrogens is 208 g/mol. The van der Waals surface area contributed by atoms with Crippen LogP contribution < -0.4 is 10.6 Å². The molecule has 2 heteroatoms. The molecular formula is C15H24N2. The molecule has 1 aliphatic heterocycles. The molecule has 0 bridgehead atoms. The van der Waals surface area contributed by atoms with Crippen LogP contribution >= 0.6 is 0 Å². The Hall–Kier alpha value is -0.860. The first-order chi connectivity index (χ1) is 8.29. The maximum Gasteiger partial charge on any atom is 0.0294 e. The Bertz CT molecular complexity index is 325. The van der Waals surface area contributed by atoms with E-state index >= 15 is 0 Å². The molecule has 2 rings (SSSR count).